The van der Waals surface area contributed by atoms with Gasteiger partial charge in [0.25, 0.3) is 0 Å². The van der Waals surface area contributed by atoms with Crippen molar-refractivity contribution in [1.82, 2.24) is 24.1 Å². The number of imidazole rings is 1. The maximum atomic E-state index is 15.4. The lowest BCUT2D eigenvalue weighted by atomic mass is 10.0. The van der Waals surface area contributed by atoms with Gasteiger partial charge in [-0.25, -0.2) is 13.8 Å². The van der Waals surface area contributed by atoms with Gasteiger partial charge in [0.1, 0.15) is 17.5 Å². The number of rotatable bonds is 4. The average molecular weight is 453 g/mol. The molecule has 1 aromatic carbocycles. The van der Waals surface area contributed by atoms with E-state index in [2.05, 4.69) is 20.5 Å². The second-order valence-corrected chi connectivity index (χ2v) is 8.14. The normalized spacial score (nSPS) is 17.8. The van der Waals surface area contributed by atoms with Gasteiger partial charge in [-0.1, -0.05) is 11.6 Å². The van der Waals surface area contributed by atoms with Crippen LogP contribution in [0.15, 0.2) is 55.2 Å². The summed E-state index contributed by atoms with van der Waals surface area (Å²) in [5.41, 5.74) is 2.51. The van der Waals surface area contributed by atoms with E-state index >= 15 is 4.39 Å². The van der Waals surface area contributed by atoms with Gasteiger partial charge < -0.3 is 14.3 Å². The van der Waals surface area contributed by atoms with Gasteiger partial charge in [0.2, 0.25) is 5.91 Å². The van der Waals surface area contributed by atoms with E-state index in [0.717, 1.165) is 0 Å². The molecule has 1 saturated carbocycles. The first kappa shape index (κ1) is 19.0. The van der Waals surface area contributed by atoms with Gasteiger partial charge in [-0.2, -0.15) is 5.10 Å². The molecule has 0 unspecified atom stereocenters. The first-order valence-corrected chi connectivity index (χ1v) is 10.3. The smallest absolute Gasteiger partial charge is 0.231 e. The van der Waals surface area contributed by atoms with Gasteiger partial charge in [-0.15, -0.1) is 0 Å². The number of carbonyl (C=O) groups excluding carboxylic acids is 1. The predicted octanol–water partition coefficient (Wildman–Crippen LogP) is 4.76. The molecule has 160 valence electrons. The quantitative estimate of drug-likeness (QED) is 0.412. The van der Waals surface area contributed by atoms with E-state index in [9.17, 15) is 9.18 Å². The van der Waals surface area contributed by atoms with Crippen molar-refractivity contribution in [3.05, 3.63) is 66.1 Å². The largest absolute Gasteiger partial charge is 0.319 e. The number of aromatic amines is 1. The Hall–Kier alpha value is -3.72. The van der Waals surface area contributed by atoms with Crippen LogP contribution in [0.25, 0.3) is 33.4 Å². The third-order valence-corrected chi connectivity index (χ3v) is 6.02. The van der Waals surface area contributed by atoms with Crippen LogP contribution in [0.5, 0.6) is 0 Å². The second kappa shape index (κ2) is 6.89. The molecular formula is C22H15ClF2N6O. The van der Waals surface area contributed by atoms with Crippen LogP contribution < -0.4 is 5.32 Å². The summed E-state index contributed by atoms with van der Waals surface area (Å²) in [6.07, 6.45) is 7.60. The zero-order valence-electron chi connectivity index (χ0n) is 16.4. The molecule has 0 aliphatic heterocycles. The molecule has 1 aliphatic rings. The molecule has 2 N–H and O–H groups in total. The number of H-pyrrole nitrogens is 1. The fourth-order valence-corrected chi connectivity index (χ4v) is 4.26. The molecule has 10 heteroatoms. The summed E-state index contributed by atoms with van der Waals surface area (Å²) < 4.78 is 31.9. The molecular weight excluding hydrogens is 438 g/mol. The zero-order chi connectivity index (χ0) is 22.0. The molecule has 7 nitrogen and oxygen atoms in total. The van der Waals surface area contributed by atoms with Crippen LogP contribution in [0.1, 0.15) is 6.42 Å². The first-order chi connectivity index (χ1) is 15.5. The average Bonchev–Trinajstić information content (AvgIpc) is 3.21. The summed E-state index contributed by atoms with van der Waals surface area (Å²) in [6.45, 7) is 0. The van der Waals surface area contributed by atoms with E-state index in [1.807, 2.05) is 0 Å². The van der Waals surface area contributed by atoms with Crippen molar-refractivity contribution in [3.63, 3.8) is 0 Å². The van der Waals surface area contributed by atoms with Gasteiger partial charge in [0.15, 0.2) is 11.6 Å². The van der Waals surface area contributed by atoms with Gasteiger partial charge in [0, 0.05) is 35.1 Å². The van der Waals surface area contributed by atoms with Crippen molar-refractivity contribution in [2.75, 3.05) is 5.32 Å². The molecule has 4 heterocycles. The van der Waals surface area contributed by atoms with E-state index in [1.165, 1.54) is 0 Å². The van der Waals surface area contributed by atoms with Crippen LogP contribution in [0.2, 0.25) is 5.02 Å². The number of pyridine rings is 1. The van der Waals surface area contributed by atoms with Gasteiger partial charge in [-0.3, -0.25) is 9.89 Å². The number of halogens is 3. The number of amides is 1. The molecule has 0 spiro atoms. The van der Waals surface area contributed by atoms with Crippen molar-refractivity contribution in [2.24, 2.45) is 5.92 Å². The number of nitrogens with one attached hydrogen (secondary N) is 2. The Morgan fingerprint density at radius 3 is 2.78 bits per heavy atom. The van der Waals surface area contributed by atoms with Crippen LogP contribution in [0, 0.1) is 11.7 Å². The summed E-state index contributed by atoms with van der Waals surface area (Å²) in [5, 5.41) is 10.2. The van der Waals surface area contributed by atoms with Crippen molar-refractivity contribution < 1.29 is 13.6 Å². The molecule has 4 aromatic heterocycles. The Morgan fingerprint density at radius 2 is 2.03 bits per heavy atom. The third-order valence-electron chi connectivity index (χ3n) is 5.67. The fourth-order valence-electron chi connectivity index (χ4n) is 3.96. The highest BCUT2D eigenvalue weighted by molar-refractivity contribution is 6.35. The number of nitrogens with zero attached hydrogens (tertiary/aromatic N) is 4. The lowest BCUT2D eigenvalue weighted by Gasteiger charge is -2.13. The van der Waals surface area contributed by atoms with Crippen LogP contribution in [-0.2, 0) is 4.79 Å². The third kappa shape index (κ3) is 2.89. The topological polar surface area (TPSA) is 80.0 Å². The fraction of sp³-hybridized carbons (Fsp3) is 0.136. The van der Waals surface area contributed by atoms with E-state index in [0.29, 0.717) is 33.5 Å². The number of benzene rings is 1. The number of alkyl halides is 1. The first-order valence-electron chi connectivity index (χ1n) is 9.92. The minimum atomic E-state index is -1.08. The van der Waals surface area contributed by atoms with E-state index in [4.69, 9.17) is 11.6 Å². The molecule has 0 radical (unpaired) electrons. The molecule has 1 aliphatic carbocycles. The summed E-state index contributed by atoms with van der Waals surface area (Å²) >= 11 is 6.52. The molecule has 5 aromatic rings. The summed E-state index contributed by atoms with van der Waals surface area (Å²) in [5.74, 6) is -1.24. The monoisotopic (exact) mass is 452 g/mol. The Kier molecular flexibility index (Phi) is 4.09. The lowest BCUT2D eigenvalue weighted by Crippen LogP contribution is -2.15. The molecule has 0 saturated heterocycles. The van der Waals surface area contributed by atoms with E-state index in [1.54, 1.807) is 64.2 Å². The Balaban J connectivity index is 1.45. The molecule has 1 amide bonds. The van der Waals surface area contributed by atoms with Gasteiger partial charge >= 0.3 is 0 Å². The molecule has 6 rings (SSSR count). The highest BCUT2D eigenvalue weighted by Crippen LogP contribution is 2.40. The van der Waals surface area contributed by atoms with Crippen molar-refractivity contribution in [3.8, 4) is 16.8 Å². The highest BCUT2D eigenvalue weighted by atomic mass is 35.5. The standard InChI is InChI=1S/C22H15ClF2N6O/c23-18-17(13-8-26-29-20(13)21(19(18)25)30-5-1-2-6-30)11-3-4-16-27-15(10-31(16)9-11)28-22(32)12-7-14(12)24/h1-6,8-10,12,14H,7H2,(H,26,29)(H,28,32)/t12-,14+/m1/s1. The van der Waals surface area contributed by atoms with Crippen LogP contribution in [0.3, 0.4) is 0 Å². The molecule has 32 heavy (non-hydrogen) atoms. The summed E-state index contributed by atoms with van der Waals surface area (Å²) in [7, 11) is 0. The van der Waals surface area contributed by atoms with Crippen molar-refractivity contribution >= 4 is 39.9 Å². The number of carbonyl (C=O) groups is 1. The SMILES string of the molecule is O=C(Nc1cn2cc(-c3c(Cl)c(F)c(-n4cccc4)c4[nH]ncc34)ccc2n1)[C@@H]1C[C@@H]1F. The Morgan fingerprint density at radius 1 is 1.25 bits per heavy atom. The Bertz CT molecular complexity index is 1510. The number of anilines is 1. The predicted molar refractivity (Wildman–Crippen MR) is 116 cm³/mol. The van der Waals surface area contributed by atoms with E-state index < -0.39 is 17.9 Å². The van der Waals surface area contributed by atoms with Crippen LogP contribution in [0.4, 0.5) is 14.6 Å². The summed E-state index contributed by atoms with van der Waals surface area (Å²) in [6, 6.07) is 7.10. The van der Waals surface area contributed by atoms with Crippen LogP contribution >= 0.6 is 11.6 Å². The number of hydrogen-bond acceptors (Lipinski definition) is 3. The number of hydrogen-bond donors (Lipinski definition) is 2. The number of fused-ring (bicyclic) bond motifs is 2. The van der Waals surface area contributed by atoms with Crippen molar-refractivity contribution in [2.45, 2.75) is 12.6 Å². The molecule has 0 bridgehead atoms. The minimum absolute atomic E-state index is 0.0293. The minimum Gasteiger partial charge on any atom is -0.319 e. The van der Waals surface area contributed by atoms with Gasteiger partial charge in [0.05, 0.1) is 28.9 Å². The maximum absolute atomic E-state index is 15.4. The second-order valence-electron chi connectivity index (χ2n) is 7.76. The zero-order valence-corrected chi connectivity index (χ0v) is 17.1. The van der Waals surface area contributed by atoms with E-state index in [-0.39, 0.29) is 23.0 Å². The highest BCUT2D eigenvalue weighted by Gasteiger charge is 2.43. The molecule has 1 fully saturated rings. The maximum Gasteiger partial charge on any atom is 0.231 e. The summed E-state index contributed by atoms with van der Waals surface area (Å²) in [4.78, 5) is 16.3. The van der Waals surface area contributed by atoms with Crippen LogP contribution in [-0.4, -0.2) is 36.2 Å². The Labute approximate surface area is 184 Å². The van der Waals surface area contributed by atoms with Crippen molar-refractivity contribution in [1.29, 1.82) is 0 Å². The number of aromatic nitrogens is 5. The van der Waals surface area contributed by atoms with Gasteiger partial charge in [-0.05, 0) is 30.7 Å². The lowest BCUT2D eigenvalue weighted by molar-refractivity contribution is -0.117. The molecule has 2 atom stereocenters.